The number of halogens is 4. The molecule has 9 heteroatoms. The van der Waals surface area contributed by atoms with Crippen LogP contribution in [0.4, 0.5) is 13.2 Å². The highest BCUT2D eigenvalue weighted by Gasteiger charge is 2.31. The fourth-order valence-corrected chi connectivity index (χ4v) is 3.50. The molecule has 2 heterocycles. The van der Waals surface area contributed by atoms with E-state index in [4.69, 9.17) is 4.42 Å². The maximum Gasteiger partial charge on any atom is 0.406 e. The third kappa shape index (κ3) is 3.10. The molecule has 126 valence electrons. The molecule has 0 atom stereocenters. The van der Waals surface area contributed by atoms with Crippen molar-refractivity contribution in [2.24, 2.45) is 0 Å². The molecular weight excluding hydrogens is 409 g/mol. The number of benzene rings is 1. The van der Waals surface area contributed by atoms with Gasteiger partial charge >= 0.3 is 6.18 Å². The number of alkyl halides is 3. The van der Waals surface area contributed by atoms with Crippen LogP contribution in [0, 0.1) is 0 Å². The maximum absolute atomic E-state index is 12.8. The Morgan fingerprint density at radius 3 is 2.54 bits per heavy atom. The third-order valence-electron chi connectivity index (χ3n) is 3.32. The molecule has 24 heavy (non-hydrogen) atoms. The molecule has 0 amide bonds. The first-order valence-corrected chi connectivity index (χ1v) is 8.72. The first-order valence-electron chi connectivity index (χ1n) is 6.71. The molecule has 3 rings (SSSR count). The van der Waals surface area contributed by atoms with Crippen molar-refractivity contribution in [3.8, 4) is 11.1 Å². The zero-order chi connectivity index (χ0) is 17.5. The number of furan rings is 1. The lowest BCUT2D eigenvalue weighted by molar-refractivity contribution is -0.142. The smallest absolute Gasteiger partial charge is 0.406 e. The number of rotatable bonds is 3. The van der Waals surface area contributed by atoms with E-state index in [1.807, 2.05) is 0 Å². The van der Waals surface area contributed by atoms with Crippen molar-refractivity contribution < 1.29 is 17.6 Å². The summed E-state index contributed by atoms with van der Waals surface area (Å²) in [5, 5.41) is -0.0270. The van der Waals surface area contributed by atoms with Crippen molar-refractivity contribution in [3.05, 3.63) is 45.4 Å². The molecule has 4 nitrogen and oxygen atoms in total. The van der Waals surface area contributed by atoms with Crippen molar-refractivity contribution >= 4 is 38.8 Å². The summed E-state index contributed by atoms with van der Waals surface area (Å²) in [7, 11) is 0. The van der Waals surface area contributed by atoms with Gasteiger partial charge in [-0.15, -0.1) is 0 Å². The van der Waals surface area contributed by atoms with Crippen LogP contribution in [0.1, 0.15) is 0 Å². The highest BCUT2D eigenvalue weighted by atomic mass is 79.9. The molecule has 3 aromatic rings. The largest absolute Gasteiger partial charge is 0.430 e. The van der Waals surface area contributed by atoms with E-state index < -0.39 is 18.3 Å². The molecule has 0 bridgehead atoms. The number of hydrogen-bond donors (Lipinski definition) is 0. The molecule has 0 radical (unpaired) electrons. The highest BCUT2D eigenvalue weighted by Crippen LogP contribution is 2.36. The van der Waals surface area contributed by atoms with Crippen LogP contribution in [0.15, 0.2) is 49.4 Å². The van der Waals surface area contributed by atoms with E-state index in [-0.39, 0.29) is 20.9 Å². The average Bonchev–Trinajstić information content (AvgIpc) is 2.86. The number of thioether (sulfide) groups is 1. The summed E-state index contributed by atoms with van der Waals surface area (Å²) in [6.07, 6.45) is -2.98. The minimum Gasteiger partial charge on any atom is -0.430 e. The standard InChI is InChI=1S/C15H10BrF3N2O2S/c1-24-14-20-12-10(13(22)21(14)7-15(17,18)19)9(11(16)23-12)8-5-3-2-4-6-8/h2-6H,7H2,1H3. The first-order chi connectivity index (χ1) is 11.3. The van der Waals surface area contributed by atoms with Crippen molar-refractivity contribution in [2.75, 3.05) is 6.26 Å². The predicted octanol–water partition coefficient (Wildman–Crippen LogP) is 4.70. The second kappa shape index (κ2) is 6.29. The van der Waals surface area contributed by atoms with Crippen LogP contribution in [0.25, 0.3) is 22.2 Å². The zero-order valence-corrected chi connectivity index (χ0v) is 14.6. The van der Waals surface area contributed by atoms with Crippen LogP contribution in [-0.4, -0.2) is 22.0 Å². The molecule has 0 saturated carbocycles. The normalized spacial score (nSPS) is 12.0. The van der Waals surface area contributed by atoms with E-state index in [1.165, 1.54) is 0 Å². The Balaban J connectivity index is 2.35. The molecule has 2 aromatic heterocycles. The lowest BCUT2D eigenvalue weighted by atomic mass is 10.1. The predicted molar refractivity (Wildman–Crippen MR) is 89.2 cm³/mol. The van der Waals surface area contributed by atoms with Gasteiger partial charge in [0.25, 0.3) is 5.56 Å². The van der Waals surface area contributed by atoms with Crippen molar-refractivity contribution in [3.63, 3.8) is 0 Å². The van der Waals surface area contributed by atoms with Crippen LogP contribution in [0.3, 0.4) is 0 Å². The van der Waals surface area contributed by atoms with Gasteiger partial charge in [0.05, 0.1) is 5.56 Å². The van der Waals surface area contributed by atoms with Gasteiger partial charge in [0.15, 0.2) is 9.83 Å². The second-order valence-electron chi connectivity index (χ2n) is 4.90. The Bertz CT molecular complexity index is 951. The van der Waals surface area contributed by atoms with Gasteiger partial charge in [-0.1, -0.05) is 42.1 Å². The monoisotopic (exact) mass is 418 g/mol. The Labute approximate surface area is 146 Å². The van der Waals surface area contributed by atoms with Crippen LogP contribution in [0.2, 0.25) is 0 Å². The molecule has 0 unspecified atom stereocenters. The Hall–Kier alpha value is -1.74. The van der Waals surface area contributed by atoms with E-state index >= 15 is 0 Å². The van der Waals surface area contributed by atoms with Crippen molar-refractivity contribution in [2.45, 2.75) is 17.9 Å². The van der Waals surface area contributed by atoms with Crippen LogP contribution in [0.5, 0.6) is 0 Å². The molecule has 0 aliphatic heterocycles. The van der Waals surface area contributed by atoms with E-state index in [1.54, 1.807) is 36.6 Å². The minimum atomic E-state index is -4.53. The lowest BCUT2D eigenvalue weighted by Gasteiger charge is -2.12. The Morgan fingerprint density at radius 1 is 1.29 bits per heavy atom. The SMILES string of the molecule is CSc1nc2oc(Br)c(-c3ccccc3)c2c(=O)n1CC(F)(F)F. The fourth-order valence-electron chi connectivity index (χ4n) is 2.38. The number of nitrogens with zero attached hydrogens (tertiary/aromatic N) is 2. The van der Waals surface area contributed by atoms with Crippen molar-refractivity contribution in [1.82, 2.24) is 9.55 Å². The quantitative estimate of drug-likeness (QED) is 0.456. The summed E-state index contributed by atoms with van der Waals surface area (Å²) in [5.74, 6) is 0. The summed E-state index contributed by atoms with van der Waals surface area (Å²) in [5.41, 5.74) is 0.271. The third-order valence-corrected chi connectivity index (χ3v) is 4.55. The van der Waals surface area contributed by atoms with Gasteiger partial charge in [-0.25, -0.2) is 0 Å². The second-order valence-corrected chi connectivity index (χ2v) is 6.40. The number of aromatic nitrogens is 2. The van der Waals surface area contributed by atoms with E-state index in [0.29, 0.717) is 15.7 Å². The molecule has 0 saturated heterocycles. The molecular formula is C15H10BrF3N2O2S. The summed E-state index contributed by atoms with van der Waals surface area (Å²) >= 11 is 4.18. The van der Waals surface area contributed by atoms with Gasteiger partial charge in [0, 0.05) is 0 Å². The number of hydrogen-bond acceptors (Lipinski definition) is 4. The van der Waals surface area contributed by atoms with Crippen LogP contribution in [-0.2, 0) is 6.54 Å². The summed E-state index contributed by atoms with van der Waals surface area (Å²) in [4.78, 5) is 16.8. The van der Waals surface area contributed by atoms with Crippen LogP contribution < -0.4 is 5.56 Å². The van der Waals surface area contributed by atoms with Gasteiger partial charge < -0.3 is 4.42 Å². The van der Waals surface area contributed by atoms with Crippen LogP contribution >= 0.6 is 27.7 Å². The van der Waals surface area contributed by atoms with Crippen molar-refractivity contribution in [1.29, 1.82) is 0 Å². The summed E-state index contributed by atoms with van der Waals surface area (Å²) in [6.45, 7) is -1.40. The molecule has 0 fully saturated rings. The molecule has 0 aliphatic rings. The minimum absolute atomic E-state index is 0.00787. The highest BCUT2D eigenvalue weighted by molar-refractivity contribution is 9.10. The van der Waals surface area contributed by atoms with Gasteiger partial charge in [-0.2, -0.15) is 18.2 Å². The zero-order valence-electron chi connectivity index (χ0n) is 12.2. The summed E-state index contributed by atoms with van der Waals surface area (Å²) in [6, 6.07) is 8.80. The summed E-state index contributed by atoms with van der Waals surface area (Å²) < 4.78 is 44.9. The van der Waals surface area contributed by atoms with Gasteiger partial charge in [-0.3, -0.25) is 9.36 Å². The molecule has 1 aromatic carbocycles. The van der Waals surface area contributed by atoms with E-state index in [9.17, 15) is 18.0 Å². The van der Waals surface area contributed by atoms with Gasteiger partial charge in [0.1, 0.15) is 11.9 Å². The number of fused-ring (bicyclic) bond motifs is 1. The van der Waals surface area contributed by atoms with E-state index in [0.717, 1.165) is 11.8 Å². The topological polar surface area (TPSA) is 48.0 Å². The molecule has 0 spiro atoms. The first kappa shape index (κ1) is 17.1. The molecule has 0 N–H and O–H groups in total. The fraction of sp³-hybridized carbons (Fsp3) is 0.200. The Kier molecular flexibility index (Phi) is 4.48. The lowest BCUT2D eigenvalue weighted by Crippen LogP contribution is -2.30. The molecule has 0 aliphatic carbocycles. The average molecular weight is 419 g/mol. The Morgan fingerprint density at radius 2 is 1.96 bits per heavy atom. The van der Waals surface area contributed by atoms with E-state index in [2.05, 4.69) is 20.9 Å². The van der Waals surface area contributed by atoms with Gasteiger partial charge in [0.2, 0.25) is 5.71 Å². The maximum atomic E-state index is 12.8. The van der Waals surface area contributed by atoms with Gasteiger partial charge in [-0.05, 0) is 27.7 Å².